The monoisotopic (exact) mass is 388 g/mol. The predicted octanol–water partition coefficient (Wildman–Crippen LogP) is 3.33. The van der Waals surface area contributed by atoms with E-state index in [9.17, 15) is 9.59 Å². The molecule has 0 atom stereocenters. The summed E-state index contributed by atoms with van der Waals surface area (Å²) in [5.41, 5.74) is 3.48. The van der Waals surface area contributed by atoms with E-state index in [-0.39, 0.29) is 11.5 Å². The van der Waals surface area contributed by atoms with Crippen LogP contribution >= 0.6 is 0 Å². The number of nitrogens with one attached hydrogen (secondary N) is 2. The van der Waals surface area contributed by atoms with Crippen LogP contribution in [0, 0.1) is 6.92 Å². The van der Waals surface area contributed by atoms with Gasteiger partial charge in [0.25, 0.3) is 5.56 Å². The van der Waals surface area contributed by atoms with Crippen LogP contribution < -0.4 is 10.9 Å². The summed E-state index contributed by atoms with van der Waals surface area (Å²) in [5.74, 6) is 0.0344. The Morgan fingerprint density at radius 2 is 1.86 bits per heavy atom. The van der Waals surface area contributed by atoms with Crippen LogP contribution in [0.2, 0.25) is 0 Å². The minimum Gasteiger partial charge on any atom is -0.356 e. The molecule has 2 aromatic carbocycles. The molecular formula is C23H24N4O2. The van der Waals surface area contributed by atoms with E-state index in [1.165, 1.54) is 0 Å². The zero-order valence-electron chi connectivity index (χ0n) is 16.4. The molecule has 0 aliphatic rings. The van der Waals surface area contributed by atoms with Gasteiger partial charge in [-0.15, -0.1) is 0 Å². The van der Waals surface area contributed by atoms with E-state index in [4.69, 9.17) is 0 Å². The summed E-state index contributed by atoms with van der Waals surface area (Å²) in [5, 5.41) is 11.8. The van der Waals surface area contributed by atoms with Crippen molar-refractivity contribution < 1.29 is 4.79 Å². The fraction of sp³-hybridized carbons (Fsp3) is 0.261. The van der Waals surface area contributed by atoms with E-state index in [0.717, 1.165) is 28.6 Å². The second-order valence-corrected chi connectivity index (χ2v) is 7.24. The van der Waals surface area contributed by atoms with Gasteiger partial charge in [0.1, 0.15) is 5.52 Å². The number of fused-ring (bicyclic) bond motifs is 3. The summed E-state index contributed by atoms with van der Waals surface area (Å²) >= 11 is 0. The molecule has 148 valence electrons. The lowest BCUT2D eigenvalue weighted by molar-refractivity contribution is -0.121. The molecule has 29 heavy (non-hydrogen) atoms. The van der Waals surface area contributed by atoms with Crippen molar-refractivity contribution in [3.05, 3.63) is 76.2 Å². The number of aromatic amines is 1. The first kappa shape index (κ1) is 18.9. The lowest BCUT2D eigenvalue weighted by Crippen LogP contribution is -2.27. The summed E-state index contributed by atoms with van der Waals surface area (Å²) in [4.78, 5) is 25.1. The molecular weight excluding hydrogens is 364 g/mol. The first-order valence-corrected chi connectivity index (χ1v) is 9.92. The van der Waals surface area contributed by atoms with Crippen molar-refractivity contribution in [2.24, 2.45) is 0 Å². The molecule has 2 N–H and O–H groups in total. The fourth-order valence-corrected chi connectivity index (χ4v) is 3.72. The number of H-pyrrole nitrogens is 1. The summed E-state index contributed by atoms with van der Waals surface area (Å²) in [7, 11) is 0. The molecule has 6 heteroatoms. The Balaban J connectivity index is 1.42. The number of benzene rings is 2. The maximum atomic E-state index is 13.0. The molecule has 4 aromatic rings. The summed E-state index contributed by atoms with van der Waals surface area (Å²) < 4.78 is 1.79. The van der Waals surface area contributed by atoms with E-state index in [1.807, 2.05) is 61.5 Å². The van der Waals surface area contributed by atoms with Crippen molar-refractivity contribution in [3.63, 3.8) is 0 Å². The average Bonchev–Trinajstić information content (AvgIpc) is 3.14. The number of carbonyl (C=O) groups excluding carboxylic acids is 1. The molecule has 4 rings (SSSR count). The summed E-state index contributed by atoms with van der Waals surface area (Å²) in [6, 6.07) is 17.8. The standard InChI is InChI=1S/C23H24N4O2/c1-16-21-22(26-25-16)18-10-5-6-11-19(18)27(23(21)29)15-7-14-24-20(28)13-12-17-8-3-2-4-9-17/h2-6,8-11H,7,12-15H2,1H3,(H,24,28)(H,25,26). The van der Waals surface area contributed by atoms with Gasteiger partial charge in [0.15, 0.2) is 0 Å². The lowest BCUT2D eigenvalue weighted by atomic mass is 10.1. The van der Waals surface area contributed by atoms with Gasteiger partial charge in [-0.3, -0.25) is 14.7 Å². The zero-order valence-corrected chi connectivity index (χ0v) is 16.4. The topological polar surface area (TPSA) is 79.8 Å². The third-order valence-corrected chi connectivity index (χ3v) is 5.22. The van der Waals surface area contributed by atoms with Crippen LogP contribution in [0.5, 0.6) is 0 Å². The first-order valence-electron chi connectivity index (χ1n) is 9.92. The number of para-hydroxylation sites is 1. The number of hydrogen-bond acceptors (Lipinski definition) is 3. The fourth-order valence-electron chi connectivity index (χ4n) is 3.72. The largest absolute Gasteiger partial charge is 0.356 e. The van der Waals surface area contributed by atoms with E-state index in [1.54, 1.807) is 4.57 Å². The van der Waals surface area contributed by atoms with Crippen molar-refractivity contribution >= 4 is 27.7 Å². The SMILES string of the molecule is Cc1[nH]nc2c1c(=O)n(CCCNC(=O)CCc1ccccc1)c1ccccc21. The maximum absolute atomic E-state index is 13.0. The average molecular weight is 388 g/mol. The number of nitrogens with zero attached hydrogens (tertiary/aromatic N) is 2. The molecule has 0 unspecified atom stereocenters. The van der Waals surface area contributed by atoms with Crippen molar-refractivity contribution in [1.29, 1.82) is 0 Å². The second-order valence-electron chi connectivity index (χ2n) is 7.24. The van der Waals surface area contributed by atoms with Gasteiger partial charge in [0.05, 0.1) is 10.9 Å². The van der Waals surface area contributed by atoms with Gasteiger partial charge < -0.3 is 9.88 Å². The third kappa shape index (κ3) is 3.92. The second kappa shape index (κ2) is 8.31. The first-order chi connectivity index (χ1) is 14.1. The Morgan fingerprint density at radius 1 is 1.10 bits per heavy atom. The van der Waals surface area contributed by atoms with Gasteiger partial charge in [-0.05, 0) is 31.4 Å². The minimum atomic E-state index is -0.0413. The predicted molar refractivity (Wildman–Crippen MR) is 115 cm³/mol. The molecule has 0 aliphatic carbocycles. The van der Waals surface area contributed by atoms with Crippen LogP contribution in [-0.4, -0.2) is 27.2 Å². The van der Waals surface area contributed by atoms with Crippen molar-refractivity contribution in [1.82, 2.24) is 20.1 Å². The number of hydrogen-bond donors (Lipinski definition) is 2. The van der Waals surface area contributed by atoms with E-state index < -0.39 is 0 Å². The number of pyridine rings is 1. The Bertz CT molecular complexity index is 1210. The van der Waals surface area contributed by atoms with Gasteiger partial charge in [-0.25, -0.2) is 0 Å². The van der Waals surface area contributed by atoms with Crippen molar-refractivity contribution in [3.8, 4) is 0 Å². The molecule has 0 bridgehead atoms. The van der Waals surface area contributed by atoms with Gasteiger partial charge in [-0.2, -0.15) is 5.10 Å². The zero-order chi connectivity index (χ0) is 20.2. The molecule has 1 amide bonds. The van der Waals surface area contributed by atoms with Crippen molar-refractivity contribution in [2.45, 2.75) is 32.7 Å². The lowest BCUT2D eigenvalue weighted by Gasteiger charge is -2.12. The highest BCUT2D eigenvalue weighted by atomic mass is 16.1. The molecule has 2 aromatic heterocycles. The highest BCUT2D eigenvalue weighted by molar-refractivity contribution is 6.03. The van der Waals surface area contributed by atoms with Gasteiger partial charge in [-0.1, -0.05) is 48.5 Å². The van der Waals surface area contributed by atoms with Crippen LogP contribution in [-0.2, 0) is 17.8 Å². The molecule has 2 heterocycles. The van der Waals surface area contributed by atoms with Crippen LogP contribution in [0.3, 0.4) is 0 Å². The van der Waals surface area contributed by atoms with Gasteiger partial charge in [0, 0.05) is 30.6 Å². The number of rotatable bonds is 7. The molecule has 0 spiro atoms. The van der Waals surface area contributed by atoms with Gasteiger partial charge in [0.2, 0.25) is 5.91 Å². The Kier molecular flexibility index (Phi) is 5.42. The highest BCUT2D eigenvalue weighted by Crippen LogP contribution is 2.22. The van der Waals surface area contributed by atoms with Gasteiger partial charge >= 0.3 is 0 Å². The number of aryl methyl sites for hydroxylation is 3. The Hall–Kier alpha value is -3.41. The summed E-state index contributed by atoms with van der Waals surface area (Å²) in [6.45, 7) is 2.94. The summed E-state index contributed by atoms with van der Waals surface area (Å²) in [6.07, 6.45) is 1.88. The molecule has 0 saturated heterocycles. The Morgan fingerprint density at radius 3 is 2.69 bits per heavy atom. The highest BCUT2D eigenvalue weighted by Gasteiger charge is 2.14. The number of carbonyl (C=O) groups is 1. The minimum absolute atomic E-state index is 0.0344. The van der Waals surface area contributed by atoms with E-state index in [0.29, 0.717) is 36.8 Å². The van der Waals surface area contributed by atoms with Crippen LogP contribution in [0.15, 0.2) is 59.4 Å². The maximum Gasteiger partial charge on any atom is 0.262 e. The van der Waals surface area contributed by atoms with E-state index >= 15 is 0 Å². The molecule has 0 radical (unpaired) electrons. The Labute approximate surface area is 168 Å². The van der Waals surface area contributed by atoms with Crippen molar-refractivity contribution in [2.75, 3.05) is 6.54 Å². The third-order valence-electron chi connectivity index (χ3n) is 5.22. The van der Waals surface area contributed by atoms with Crippen LogP contribution in [0.1, 0.15) is 24.1 Å². The van der Waals surface area contributed by atoms with Crippen LogP contribution in [0.25, 0.3) is 21.8 Å². The molecule has 0 saturated carbocycles. The molecule has 0 fully saturated rings. The van der Waals surface area contributed by atoms with E-state index in [2.05, 4.69) is 15.5 Å². The quantitative estimate of drug-likeness (QED) is 0.477. The van der Waals surface area contributed by atoms with Crippen LogP contribution in [0.4, 0.5) is 0 Å². The molecule has 6 nitrogen and oxygen atoms in total. The normalized spacial score (nSPS) is 11.2. The number of aromatic nitrogens is 3. The number of amides is 1. The molecule has 0 aliphatic heterocycles. The smallest absolute Gasteiger partial charge is 0.262 e.